The van der Waals surface area contributed by atoms with E-state index >= 15 is 0 Å². The molecule has 0 bridgehead atoms. The smallest absolute Gasteiger partial charge is 0.190 e. The number of hydrogen-bond donors (Lipinski definition) is 1. The second-order valence-electron chi connectivity index (χ2n) is 3.44. The van der Waals surface area contributed by atoms with Gasteiger partial charge in [-0.1, -0.05) is 25.6 Å². The molecule has 4 nitrogen and oxygen atoms in total. The largest absolute Gasteiger partial charge is 0.327 e. The van der Waals surface area contributed by atoms with E-state index in [1.54, 1.807) is 18.1 Å². The van der Waals surface area contributed by atoms with Crippen LogP contribution in [-0.2, 0) is 7.05 Å². The third-order valence-corrected chi connectivity index (χ3v) is 3.11. The summed E-state index contributed by atoms with van der Waals surface area (Å²) in [6.07, 6.45) is 1.70. The molecule has 0 amide bonds. The Balaban J connectivity index is 2.39. The molecule has 1 aromatic heterocycles. The fourth-order valence-electron chi connectivity index (χ4n) is 0.766. The topological polar surface area (TPSA) is 56.7 Å². The molecule has 1 atom stereocenters. The van der Waals surface area contributed by atoms with Crippen LogP contribution in [0.1, 0.15) is 13.8 Å². The molecular formula is C8H16N4S. The standard InChI is InChI=1S/C8H16N4S/c1-6(2)7(9)4-13-8-11-10-5-12(8)3/h5-7H,4,9H2,1-3H3/t7-/m1/s1. The number of nitrogens with zero attached hydrogens (tertiary/aromatic N) is 3. The predicted octanol–water partition coefficient (Wildman–Crippen LogP) is 0.890. The first kappa shape index (κ1) is 10.5. The maximum absolute atomic E-state index is 5.90. The number of hydrogen-bond acceptors (Lipinski definition) is 4. The lowest BCUT2D eigenvalue weighted by Gasteiger charge is -2.13. The summed E-state index contributed by atoms with van der Waals surface area (Å²) >= 11 is 1.65. The van der Waals surface area contributed by atoms with Crippen LogP contribution in [0.25, 0.3) is 0 Å². The van der Waals surface area contributed by atoms with Gasteiger partial charge in [0.1, 0.15) is 6.33 Å². The fraction of sp³-hybridized carbons (Fsp3) is 0.750. The zero-order valence-electron chi connectivity index (χ0n) is 8.27. The summed E-state index contributed by atoms with van der Waals surface area (Å²) in [6, 6.07) is 0.224. The average molecular weight is 200 g/mol. The molecule has 1 aromatic rings. The van der Waals surface area contributed by atoms with Crippen molar-refractivity contribution in [1.29, 1.82) is 0 Å². The zero-order valence-corrected chi connectivity index (χ0v) is 9.08. The average Bonchev–Trinajstić information content (AvgIpc) is 2.47. The van der Waals surface area contributed by atoms with Crippen LogP contribution in [0.3, 0.4) is 0 Å². The van der Waals surface area contributed by atoms with Crippen molar-refractivity contribution < 1.29 is 0 Å². The number of thioether (sulfide) groups is 1. The van der Waals surface area contributed by atoms with Gasteiger partial charge >= 0.3 is 0 Å². The van der Waals surface area contributed by atoms with Gasteiger partial charge in [0.25, 0.3) is 0 Å². The predicted molar refractivity (Wildman–Crippen MR) is 54.5 cm³/mol. The number of aryl methyl sites for hydroxylation is 1. The van der Waals surface area contributed by atoms with Crippen LogP contribution in [0.2, 0.25) is 0 Å². The minimum absolute atomic E-state index is 0.224. The van der Waals surface area contributed by atoms with Gasteiger partial charge in [-0.05, 0) is 5.92 Å². The first-order valence-electron chi connectivity index (χ1n) is 4.33. The van der Waals surface area contributed by atoms with Crippen LogP contribution in [0.5, 0.6) is 0 Å². The Morgan fingerprint density at radius 3 is 2.77 bits per heavy atom. The lowest BCUT2D eigenvalue weighted by molar-refractivity contribution is 0.535. The molecule has 74 valence electrons. The minimum Gasteiger partial charge on any atom is -0.327 e. The molecule has 5 heteroatoms. The highest BCUT2D eigenvalue weighted by atomic mass is 32.2. The Morgan fingerprint density at radius 2 is 2.31 bits per heavy atom. The molecular weight excluding hydrogens is 184 g/mol. The van der Waals surface area contributed by atoms with Crippen molar-refractivity contribution in [2.75, 3.05) is 5.75 Å². The first-order valence-corrected chi connectivity index (χ1v) is 5.32. The van der Waals surface area contributed by atoms with E-state index in [-0.39, 0.29) is 6.04 Å². The summed E-state index contributed by atoms with van der Waals surface area (Å²) in [7, 11) is 1.93. The highest BCUT2D eigenvalue weighted by Crippen LogP contribution is 2.16. The van der Waals surface area contributed by atoms with Crippen LogP contribution < -0.4 is 5.73 Å². The van der Waals surface area contributed by atoms with Gasteiger partial charge in [-0.25, -0.2) is 0 Å². The van der Waals surface area contributed by atoms with Gasteiger partial charge in [-0.15, -0.1) is 10.2 Å². The van der Waals surface area contributed by atoms with Crippen molar-refractivity contribution in [3.63, 3.8) is 0 Å². The van der Waals surface area contributed by atoms with Gasteiger partial charge in [0, 0.05) is 18.8 Å². The molecule has 0 fully saturated rings. The Bertz CT molecular complexity index is 258. The fourth-order valence-corrected chi connectivity index (χ4v) is 1.85. The maximum atomic E-state index is 5.90. The van der Waals surface area contributed by atoms with Crippen molar-refractivity contribution in [3.8, 4) is 0 Å². The quantitative estimate of drug-likeness (QED) is 0.733. The van der Waals surface area contributed by atoms with Gasteiger partial charge in [-0.3, -0.25) is 0 Å². The summed E-state index contributed by atoms with van der Waals surface area (Å²) in [5.74, 6) is 1.41. The first-order chi connectivity index (χ1) is 6.11. The molecule has 13 heavy (non-hydrogen) atoms. The third-order valence-electron chi connectivity index (χ3n) is 1.93. The van der Waals surface area contributed by atoms with Crippen molar-refractivity contribution in [3.05, 3.63) is 6.33 Å². The molecule has 0 saturated heterocycles. The number of rotatable bonds is 4. The molecule has 0 aliphatic heterocycles. The summed E-state index contributed by atoms with van der Waals surface area (Å²) in [6.45, 7) is 4.25. The Hall–Kier alpha value is -0.550. The summed E-state index contributed by atoms with van der Waals surface area (Å²) in [4.78, 5) is 0. The van der Waals surface area contributed by atoms with Gasteiger partial charge in [-0.2, -0.15) is 0 Å². The summed E-state index contributed by atoms with van der Waals surface area (Å²) in [5, 5.41) is 8.69. The minimum atomic E-state index is 0.224. The Kier molecular flexibility index (Phi) is 3.74. The van der Waals surface area contributed by atoms with E-state index in [1.807, 2.05) is 11.6 Å². The second kappa shape index (κ2) is 4.62. The van der Waals surface area contributed by atoms with Crippen LogP contribution in [-0.4, -0.2) is 26.6 Å². The van der Waals surface area contributed by atoms with Crippen LogP contribution in [0.15, 0.2) is 11.5 Å². The van der Waals surface area contributed by atoms with E-state index in [0.717, 1.165) is 10.9 Å². The van der Waals surface area contributed by atoms with Crippen LogP contribution >= 0.6 is 11.8 Å². The molecule has 0 aliphatic rings. The lowest BCUT2D eigenvalue weighted by atomic mass is 10.1. The number of nitrogens with two attached hydrogens (primary N) is 1. The Labute approximate surface area is 82.9 Å². The zero-order chi connectivity index (χ0) is 9.84. The SMILES string of the molecule is CC(C)[C@H](N)CSc1nncn1C. The van der Waals surface area contributed by atoms with Crippen molar-refractivity contribution in [1.82, 2.24) is 14.8 Å². The molecule has 0 spiro atoms. The summed E-state index contributed by atoms with van der Waals surface area (Å²) < 4.78 is 1.90. The third kappa shape index (κ3) is 3.00. The lowest BCUT2D eigenvalue weighted by Crippen LogP contribution is -2.28. The van der Waals surface area contributed by atoms with Crippen molar-refractivity contribution in [2.24, 2.45) is 18.7 Å². The Morgan fingerprint density at radius 1 is 1.62 bits per heavy atom. The van der Waals surface area contributed by atoms with Crippen LogP contribution in [0, 0.1) is 5.92 Å². The molecule has 0 radical (unpaired) electrons. The molecule has 1 rings (SSSR count). The molecule has 0 aromatic carbocycles. The van der Waals surface area contributed by atoms with Gasteiger partial charge < -0.3 is 10.3 Å². The summed E-state index contributed by atoms with van der Waals surface area (Å²) in [5.41, 5.74) is 5.90. The maximum Gasteiger partial charge on any atom is 0.190 e. The highest BCUT2D eigenvalue weighted by molar-refractivity contribution is 7.99. The van der Waals surface area contributed by atoms with E-state index in [2.05, 4.69) is 24.0 Å². The van der Waals surface area contributed by atoms with Crippen molar-refractivity contribution >= 4 is 11.8 Å². The van der Waals surface area contributed by atoms with Gasteiger partial charge in [0.05, 0.1) is 0 Å². The second-order valence-corrected chi connectivity index (χ2v) is 4.43. The molecule has 1 heterocycles. The van der Waals surface area contributed by atoms with Crippen molar-refractivity contribution in [2.45, 2.75) is 25.0 Å². The molecule has 0 unspecified atom stereocenters. The van der Waals surface area contributed by atoms with E-state index < -0.39 is 0 Å². The monoisotopic (exact) mass is 200 g/mol. The van der Waals surface area contributed by atoms with Gasteiger partial charge in [0.2, 0.25) is 0 Å². The molecule has 0 saturated carbocycles. The molecule has 2 N–H and O–H groups in total. The number of aromatic nitrogens is 3. The van der Waals surface area contributed by atoms with E-state index in [9.17, 15) is 0 Å². The van der Waals surface area contributed by atoms with E-state index in [1.165, 1.54) is 0 Å². The van der Waals surface area contributed by atoms with Crippen LogP contribution in [0.4, 0.5) is 0 Å². The van der Waals surface area contributed by atoms with E-state index in [0.29, 0.717) is 5.92 Å². The van der Waals surface area contributed by atoms with E-state index in [4.69, 9.17) is 5.73 Å². The highest BCUT2D eigenvalue weighted by Gasteiger charge is 2.09. The van der Waals surface area contributed by atoms with Gasteiger partial charge in [0.15, 0.2) is 5.16 Å². The molecule has 0 aliphatic carbocycles. The normalized spacial score (nSPS) is 13.6.